The molecule has 0 radical (unpaired) electrons. The van der Waals surface area contributed by atoms with Crippen LogP contribution in [-0.4, -0.2) is 4.40 Å². The maximum atomic E-state index is 5.71. The highest BCUT2D eigenvalue weighted by Gasteiger charge is 2.11. The summed E-state index contributed by atoms with van der Waals surface area (Å²) in [5.74, 6) is 0.508. The van der Waals surface area contributed by atoms with Crippen molar-refractivity contribution in [2.75, 3.05) is 5.73 Å². The van der Waals surface area contributed by atoms with Crippen molar-refractivity contribution >= 4 is 22.5 Å². The number of rotatable bonds is 0. The minimum Gasteiger partial charge on any atom is -0.439 e. The standard InChI is InChI=1S/C11H10N2O/c1-7-10-9(14-11(7)12)6-8-4-2-3-5-13(8)10/h2-6H,12H2,1H3. The smallest absolute Gasteiger partial charge is 0.196 e. The van der Waals surface area contributed by atoms with E-state index in [2.05, 4.69) is 4.40 Å². The molecule has 3 rings (SSSR count). The van der Waals surface area contributed by atoms with Crippen molar-refractivity contribution in [3.8, 4) is 0 Å². The molecule has 2 N–H and O–H groups in total. The molecule has 0 bridgehead atoms. The summed E-state index contributed by atoms with van der Waals surface area (Å²) in [7, 11) is 0. The summed E-state index contributed by atoms with van der Waals surface area (Å²) in [5.41, 5.74) is 9.76. The van der Waals surface area contributed by atoms with Gasteiger partial charge in [0.05, 0.1) is 5.52 Å². The SMILES string of the molecule is Cc1c(N)oc2cc3ccccn3c12. The Kier molecular flexibility index (Phi) is 1.24. The van der Waals surface area contributed by atoms with Gasteiger partial charge in [0.1, 0.15) is 0 Å². The van der Waals surface area contributed by atoms with Gasteiger partial charge in [-0.15, -0.1) is 0 Å². The Hall–Kier alpha value is -1.90. The molecule has 0 aliphatic heterocycles. The molecule has 14 heavy (non-hydrogen) atoms. The third-order valence-corrected chi connectivity index (χ3v) is 2.59. The van der Waals surface area contributed by atoms with E-state index in [1.165, 1.54) is 0 Å². The van der Waals surface area contributed by atoms with Gasteiger partial charge in [-0.25, -0.2) is 0 Å². The van der Waals surface area contributed by atoms with Gasteiger partial charge in [-0.1, -0.05) is 6.07 Å². The van der Waals surface area contributed by atoms with Crippen molar-refractivity contribution in [2.45, 2.75) is 6.92 Å². The van der Waals surface area contributed by atoms with Crippen LogP contribution in [0.5, 0.6) is 0 Å². The van der Waals surface area contributed by atoms with Crippen LogP contribution in [0.15, 0.2) is 34.9 Å². The molecule has 3 heteroatoms. The van der Waals surface area contributed by atoms with Crippen molar-refractivity contribution in [1.29, 1.82) is 0 Å². The zero-order valence-electron chi connectivity index (χ0n) is 7.82. The maximum absolute atomic E-state index is 5.71. The molecular weight excluding hydrogens is 176 g/mol. The zero-order valence-corrected chi connectivity index (χ0v) is 7.82. The van der Waals surface area contributed by atoms with Gasteiger partial charge in [0.2, 0.25) is 0 Å². The normalized spacial score (nSPS) is 11.5. The Bertz CT molecular complexity index is 619. The Morgan fingerprint density at radius 2 is 2.21 bits per heavy atom. The van der Waals surface area contributed by atoms with Gasteiger partial charge in [0.25, 0.3) is 0 Å². The van der Waals surface area contributed by atoms with Crippen molar-refractivity contribution in [2.24, 2.45) is 0 Å². The Morgan fingerprint density at radius 3 is 3.07 bits per heavy atom. The Balaban J connectivity index is 2.62. The molecule has 0 atom stereocenters. The quantitative estimate of drug-likeness (QED) is 0.586. The summed E-state index contributed by atoms with van der Waals surface area (Å²) in [6.45, 7) is 1.97. The van der Waals surface area contributed by atoms with Crippen LogP contribution in [0.3, 0.4) is 0 Å². The van der Waals surface area contributed by atoms with E-state index in [4.69, 9.17) is 10.2 Å². The van der Waals surface area contributed by atoms with E-state index >= 15 is 0 Å². The maximum Gasteiger partial charge on any atom is 0.196 e. The number of aromatic nitrogens is 1. The highest BCUT2D eigenvalue weighted by molar-refractivity contribution is 5.88. The Morgan fingerprint density at radius 1 is 1.36 bits per heavy atom. The average molecular weight is 186 g/mol. The summed E-state index contributed by atoms with van der Waals surface area (Å²) in [6.07, 6.45) is 2.01. The number of anilines is 1. The molecular formula is C11H10N2O. The van der Waals surface area contributed by atoms with Crippen LogP contribution < -0.4 is 5.73 Å². The highest BCUT2D eigenvalue weighted by atomic mass is 16.3. The first kappa shape index (κ1) is 7.50. The van der Waals surface area contributed by atoms with Gasteiger partial charge in [-0.2, -0.15) is 0 Å². The number of furan rings is 1. The molecule has 0 fully saturated rings. The van der Waals surface area contributed by atoms with Crippen LogP contribution in [0.25, 0.3) is 16.6 Å². The van der Waals surface area contributed by atoms with E-state index < -0.39 is 0 Å². The number of nitrogens with zero attached hydrogens (tertiary/aromatic N) is 1. The number of hydrogen-bond acceptors (Lipinski definition) is 2. The van der Waals surface area contributed by atoms with Crippen LogP contribution in [0.1, 0.15) is 5.56 Å². The third kappa shape index (κ3) is 0.763. The number of aryl methyl sites for hydroxylation is 1. The summed E-state index contributed by atoms with van der Waals surface area (Å²) in [4.78, 5) is 0. The molecule has 0 spiro atoms. The van der Waals surface area contributed by atoms with Gasteiger partial charge in [0, 0.05) is 23.3 Å². The molecule has 70 valence electrons. The van der Waals surface area contributed by atoms with E-state index in [-0.39, 0.29) is 0 Å². The summed E-state index contributed by atoms with van der Waals surface area (Å²) in [6, 6.07) is 8.05. The molecule has 0 saturated heterocycles. The number of nitrogen functional groups attached to an aromatic ring is 1. The molecule has 0 unspecified atom stereocenters. The lowest BCUT2D eigenvalue weighted by Gasteiger charge is -1.94. The fourth-order valence-corrected chi connectivity index (χ4v) is 1.85. The zero-order chi connectivity index (χ0) is 9.71. The molecule has 0 aliphatic rings. The van der Waals surface area contributed by atoms with E-state index in [1.807, 2.05) is 37.4 Å². The second-order valence-corrected chi connectivity index (χ2v) is 3.44. The second kappa shape index (κ2) is 2.32. The first-order valence-corrected chi connectivity index (χ1v) is 4.52. The summed E-state index contributed by atoms with van der Waals surface area (Å²) in [5, 5.41) is 0. The number of hydrogen-bond donors (Lipinski definition) is 1. The molecule has 0 saturated carbocycles. The summed E-state index contributed by atoms with van der Waals surface area (Å²) >= 11 is 0. The van der Waals surface area contributed by atoms with Gasteiger partial charge in [-0.05, 0) is 19.1 Å². The van der Waals surface area contributed by atoms with Crippen molar-refractivity contribution < 1.29 is 4.42 Å². The van der Waals surface area contributed by atoms with Crippen molar-refractivity contribution in [1.82, 2.24) is 4.40 Å². The predicted octanol–water partition coefficient (Wildman–Crippen LogP) is 2.58. The molecule has 0 amide bonds. The van der Waals surface area contributed by atoms with E-state index in [1.54, 1.807) is 0 Å². The van der Waals surface area contributed by atoms with Crippen LogP contribution in [0.4, 0.5) is 5.88 Å². The topological polar surface area (TPSA) is 43.6 Å². The number of nitrogens with two attached hydrogens (primary N) is 1. The molecule has 3 aromatic heterocycles. The fourth-order valence-electron chi connectivity index (χ4n) is 1.85. The third-order valence-electron chi connectivity index (χ3n) is 2.59. The van der Waals surface area contributed by atoms with Crippen molar-refractivity contribution in [3.63, 3.8) is 0 Å². The lowest BCUT2D eigenvalue weighted by molar-refractivity contribution is 0.636. The summed E-state index contributed by atoms with van der Waals surface area (Å²) < 4.78 is 7.53. The fraction of sp³-hybridized carbons (Fsp3) is 0.0909. The van der Waals surface area contributed by atoms with Crippen molar-refractivity contribution in [3.05, 3.63) is 36.0 Å². The molecule has 0 aliphatic carbocycles. The molecule has 3 aromatic rings. The average Bonchev–Trinajstić information content (AvgIpc) is 2.65. The minimum absolute atomic E-state index is 0.508. The van der Waals surface area contributed by atoms with E-state index in [9.17, 15) is 0 Å². The first-order chi connectivity index (χ1) is 6.77. The van der Waals surface area contributed by atoms with E-state index in [0.717, 1.165) is 22.2 Å². The highest BCUT2D eigenvalue weighted by Crippen LogP contribution is 2.29. The minimum atomic E-state index is 0.508. The van der Waals surface area contributed by atoms with Gasteiger partial charge >= 0.3 is 0 Å². The van der Waals surface area contributed by atoms with Crippen LogP contribution in [0.2, 0.25) is 0 Å². The second-order valence-electron chi connectivity index (χ2n) is 3.44. The van der Waals surface area contributed by atoms with Gasteiger partial charge in [0.15, 0.2) is 11.5 Å². The monoisotopic (exact) mass is 186 g/mol. The Labute approximate surface area is 80.7 Å². The largest absolute Gasteiger partial charge is 0.439 e. The molecule has 3 nitrogen and oxygen atoms in total. The van der Waals surface area contributed by atoms with Crippen LogP contribution in [-0.2, 0) is 0 Å². The van der Waals surface area contributed by atoms with Crippen LogP contribution >= 0.6 is 0 Å². The number of fused-ring (bicyclic) bond motifs is 3. The predicted molar refractivity (Wildman–Crippen MR) is 56.3 cm³/mol. The van der Waals surface area contributed by atoms with Gasteiger partial charge < -0.3 is 14.6 Å². The van der Waals surface area contributed by atoms with Crippen LogP contribution in [0, 0.1) is 6.92 Å². The molecule has 0 aromatic carbocycles. The van der Waals surface area contributed by atoms with E-state index in [0.29, 0.717) is 5.88 Å². The number of pyridine rings is 1. The molecule has 3 heterocycles. The lowest BCUT2D eigenvalue weighted by atomic mass is 10.3. The first-order valence-electron chi connectivity index (χ1n) is 4.52. The van der Waals surface area contributed by atoms with Gasteiger partial charge in [-0.3, -0.25) is 0 Å². The lowest BCUT2D eigenvalue weighted by Crippen LogP contribution is -1.86.